The number of hydrogen-bond acceptors (Lipinski definition) is 7. The maximum atomic E-state index is 13.6. The molecule has 0 unspecified atom stereocenters. The van der Waals surface area contributed by atoms with Crippen molar-refractivity contribution in [2.24, 2.45) is 7.05 Å². The van der Waals surface area contributed by atoms with Crippen LogP contribution < -0.4 is 5.32 Å². The molecule has 3 aromatic heterocycles. The lowest BCUT2D eigenvalue weighted by molar-refractivity contribution is 0.0119. The summed E-state index contributed by atoms with van der Waals surface area (Å²) in [6, 6.07) is 16.7. The van der Waals surface area contributed by atoms with E-state index in [1.165, 1.54) is 4.90 Å². The van der Waals surface area contributed by atoms with E-state index in [0.717, 1.165) is 27.7 Å². The molecule has 2 N–H and O–H groups in total. The number of hydrogen-bond donors (Lipinski definition) is 2. The zero-order valence-corrected chi connectivity index (χ0v) is 19.7. The highest BCUT2D eigenvalue weighted by Crippen LogP contribution is 2.30. The number of rotatable bonds is 5. The molecule has 0 radical (unpaired) electrons. The Hall–Kier alpha value is -4.74. The average molecular weight is 502 g/mol. The molecule has 1 amide bonds. The van der Waals surface area contributed by atoms with Gasteiger partial charge in [-0.2, -0.15) is 5.21 Å². The quantitative estimate of drug-likeness (QED) is 0.373. The summed E-state index contributed by atoms with van der Waals surface area (Å²) in [6.07, 6.45) is 1.35. The van der Waals surface area contributed by atoms with Crippen LogP contribution in [0.15, 0.2) is 60.8 Å². The minimum Gasteiger partial charge on any atom is -0.340 e. The van der Waals surface area contributed by atoms with Crippen LogP contribution in [-0.4, -0.2) is 65.0 Å². The topological polar surface area (TPSA) is 118 Å². The third-order valence-corrected chi connectivity index (χ3v) is 6.40. The summed E-state index contributed by atoms with van der Waals surface area (Å²) in [4.78, 5) is 23.2. The lowest BCUT2D eigenvalue weighted by Crippen LogP contribution is -2.32. The molecule has 5 aromatic rings. The van der Waals surface area contributed by atoms with E-state index in [4.69, 9.17) is 0 Å². The number of alkyl halides is 2. The standard InChI is InChI=1S/C25H21F2N9O/c1-35-19-13-17(3-2-16(19)12-20(35)24(37)36-11-9-25(26,27)14-36)22-28-10-8-21(30-22)29-18-6-4-15(5-7-18)23-31-33-34-32-23/h2-8,10,12-13H,9,11,14H2,1H3,(H,28,29,30)(H,31,32,33,34). The number of likely N-dealkylation sites (tertiary alicyclic amines) is 1. The number of carbonyl (C=O) groups excluding carboxylic acids is 1. The lowest BCUT2D eigenvalue weighted by Gasteiger charge is -2.16. The Morgan fingerprint density at radius 2 is 1.86 bits per heavy atom. The van der Waals surface area contributed by atoms with Crippen LogP contribution in [0.25, 0.3) is 33.7 Å². The van der Waals surface area contributed by atoms with Crippen LogP contribution in [0.4, 0.5) is 20.3 Å². The second-order valence-electron chi connectivity index (χ2n) is 8.90. The van der Waals surface area contributed by atoms with Crippen molar-refractivity contribution in [2.45, 2.75) is 12.3 Å². The summed E-state index contributed by atoms with van der Waals surface area (Å²) in [5.41, 5.74) is 3.56. The van der Waals surface area contributed by atoms with Crippen LogP contribution in [0.2, 0.25) is 0 Å². The average Bonchev–Trinajstić information content (AvgIpc) is 3.64. The van der Waals surface area contributed by atoms with Gasteiger partial charge >= 0.3 is 0 Å². The van der Waals surface area contributed by atoms with E-state index in [1.807, 2.05) is 42.5 Å². The maximum absolute atomic E-state index is 13.6. The van der Waals surface area contributed by atoms with Crippen LogP contribution in [-0.2, 0) is 7.05 Å². The molecule has 0 atom stereocenters. The Bertz CT molecular complexity index is 1600. The number of nitrogens with zero attached hydrogens (tertiary/aromatic N) is 7. The molecule has 1 aliphatic heterocycles. The lowest BCUT2D eigenvalue weighted by atomic mass is 10.1. The maximum Gasteiger partial charge on any atom is 0.270 e. The SMILES string of the molecule is Cn1c(C(=O)N2CCC(F)(F)C2)cc2ccc(-c3nccc(Nc4ccc(-c5nn[nH]n5)cc4)n3)cc21. The van der Waals surface area contributed by atoms with Crippen LogP contribution in [0.5, 0.6) is 0 Å². The predicted molar refractivity (Wildman–Crippen MR) is 132 cm³/mol. The van der Waals surface area contributed by atoms with Gasteiger partial charge in [-0.15, -0.1) is 10.2 Å². The number of aromatic amines is 1. The minimum atomic E-state index is -2.83. The third-order valence-electron chi connectivity index (χ3n) is 6.40. The van der Waals surface area contributed by atoms with Crippen molar-refractivity contribution in [1.29, 1.82) is 0 Å². The number of aromatic nitrogens is 7. The van der Waals surface area contributed by atoms with E-state index in [1.54, 1.807) is 29.9 Å². The number of amides is 1. The van der Waals surface area contributed by atoms with E-state index in [-0.39, 0.29) is 13.0 Å². The van der Waals surface area contributed by atoms with Crippen molar-refractivity contribution < 1.29 is 13.6 Å². The Balaban J connectivity index is 1.24. The fourth-order valence-electron chi connectivity index (χ4n) is 4.45. The summed E-state index contributed by atoms with van der Waals surface area (Å²) in [5.74, 6) is -1.61. The van der Waals surface area contributed by atoms with Gasteiger partial charge in [-0.25, -0.2) is 18.7 Å². The molecule has 186 valence electrons. The number of aryl methyl sites for hydroxylation is 1. The zero-order chi connectivity index (χ0) is 25.6. The van der Waals surface area contributed by atoms with Crippen molar-refractivity contribution in [1.82, 2.24) is 40.1 Å². The second-order valence-corrected chi connectivity index (χ2v) is 8.90. The monoisotopic (exact) mass is 501 g/mol. The van der Waals surface area contributed by atoms with Crippen molar-refractivity contribution in [3.8, 4) is 22.8 Å². The number of halogens is 2. The Kier molecular flexibility index (Phi) is 5.36. The molecule has 0 bridgehead atoms. The van der Waals surface area contributed by atoms with Gasteiger partial charge in [0, 0.05) is 53.9 Å². The molecule has 0 spiro atoms. The number of nitrogens with one attached hydrogen (secondary N) is 2. The van der Waals surface area contributed by atoms with E-state index in [2.05, 4.69) is 35.9 Å². The Morgan fingerprint density at radius 3 is 2.59 bits per heavy atom. The summed E-state index contributed by atoms with van der Waals surface area (Å²) in [5, 5.41) is 18.0. The highest BCUT2D eigenvalue weighted by atomic mass is 19.3. The molecule has 1 saturated heterocycles. The van der Waals surface area contributed by atoms with E-state index >= 15 is 0 Å². The van der Waals surface area contributed by atoms with Crippen molar-refractivity contribution >= 4 is 28.3 Å². The molecule has 0 saturated carbocycles. The number of anilines is 2. The van der Waals surface area contributed by atoms with Gasteiger partial charge in [0.1, 0.15) is 11.5 Å². The smallest absolute Gasteiger partial charge is 0.270 e. The van der Waals surface area contributed by atoms with Crippen molar-refractivity contribution in [2.75, 3.05) is 18.4 Å². The van der Waals surface area contributed by atoms with Gasteiger partial charge in [0.15, 0.2) is 5.82 Å². The van der Waals surface area contributed by atoms with Crippen molar-refractivity contribution in [3.05, 3.63) is 66.5 Å². The molecule has 6 rings (SSSR count). The van der Waals surface area contributed by atoms with Gasteiger partial charge in [-0.3, -0.25) is 4.79 Å². The molecule has 10 nitrogen and oxygen atoms in total. The molecular weight excluding hydrogens is 480 g/mol. The summed E-state index contributed by atoms with van der Waals surface area (Å²) < 4.78 is 29.0. The highest BCUT2D eigenvalue weighted by Gasteiger charge is 2.41. The Labute approximate surface area is 209 Å². The largest absolute Gasteiger partial charge is 0.340 e. The van der Waals surface area contributed by atoms with Gasteiger partial charge in [-0.05, 0) is 47.7 Å². The molecule has 2 aromatic carbocycles. The Morgan fingerprint density at radius 1 is 1.05 bits per heavy atom. The number of H-pyrrole nitrogens is 1. The fraction of sp³-hybridized carbons (Fsp3) is 0.200. The zero-order valence-electron chi connectivity index (χ0n) is 19.7. The van der Waals surface area contributed by atoms with Crippen LogP contribution in [0.1, 0.15) is 16.9 Å². The first-order chi connectivity index (χ1) is 17.9. The summed E-state index contributed by atoms with van der Waals surface area (Å²) >= 11 is 0. The van der Waals surface area contributed by atoms with Crippen molar-refractivity contribution in [3.63, 3.8) is 0 Å². The first-order valence-corrected chi connectivity index (χ1v) is 11.6. The summed E-state index contributed by atoms with van der Waals surface area (Å²) in [6.45, 7) is -0.502. The predicted octanol–water partition coefficient (Wildman–Crippen LogP) is 4.04. The minimum absolute atomic E-state index is 0.0477. The number of fused-ring (bicyclic) bond motifs is 1. The van der Waals surface area contributed by atoms with Gasteiger partial charge in [0.05, 0.1) is 6.54 Å². The molecule has 37 heavy (non-hydrogen) atoms. The van der Waals surface area contributed by atoms with Gasteiger partial charge in [0.25, 0.3) is 11.8 Å². The molecule has 12 heteroatoms. The number of tetrazole rings is 1. The summed E-state index contributed by atoms with van der Waals surface area (Å²) in [7, 11) is 1.75. The number of carbonyl (C=O) groups is 1. The molecule has 0 aliphatic carbocycles. The fourth-order valence-corrected chi connectivity index (χ4v) is 4.45. The van der Waals surface area contributed by atoms with E-state index in [0.29, 0.717) is 23.2 Å². The molecular formula is C25H21F2N9O. The second kappa shape index (κ2) is 8.73. The van der Waals surface area contributed by atoms with E-state index in [9.17, 15) is 13.6 Å². The van der Waals surface area contributed by atoms with Gasteiger partial charge in [-0.1, -0.05) is 12.1 Å². The first kappa shape index (κ1) is 22.7. The van der Waals surface area contributed by atoms with Crippen LogP contribution in [0, 0.1) is 0 Å². The van der Waals surface area contributed by atoms with Crippen LogP contribution in [0.3, 0.4) is 0 Å². The first-order valence-electron chi connectivity index (χ1n) is 11.6. The van der Waals surface area contributed by atoms with Gasteiger partial charge < -0.3 is 14.8 Å². The molecule has 1 aliphatic rings. The molecule has 1 fully saturated rings. The molecule has 4 heterocycles. The highest BCUT2D eigenvalue weighted by molar-refractivity contribution is 5.99. The normalized spacial score (nSPS) is 14.8. The van der Waals surface area contributed by atoms with Gasteiger partial charge in [0.2, 0.25) is 5.82 Å². The third kappa shape index (κ3) is 4.37. The van der Waals surface area contributed by atoms with Crippen LogP contribution >= 0.6 is 0 Å². The van der Waals surface area contributed by atoms with E-state index < -0.39 is 18.4 Å². The number of benzene rings is 2.